The second-order valence-corrected chi connectivity index (χ2v) is 10.4. The van der Waals surface area contributed by atoms with Gasteiger partial charge in [0.05, 0.1) is 58.0 Å². The van der Waals surface area contributed by atoms with Crippen molar-refractivity contribution in [1.29, 1.82) is 0 Å². The monoisotopic (exact) mass is 508 g/mol. The Morgan fingerprint density at radius 1 is 0.618 bits per heavy atom. The van der Waals surface area contributed by atoms with Crippen LogP contribution in [0.2, 0.25) is 0 Å². The number of rotatable bonds is 6. The van der Waals surface area contributed by atoms with Gasteiger partial charge in [-0.05, 0) is 11.1 Å². The van der Waals surface area contributed by atoms with Crippen molar-refractivity contribution in [2.24, 2.45) is 0 Å². The minimum Gasteiger partial charge on any atom is -0.390 e. The van der Waals surface area contributed by atoms with Crippen LogP contribution in [0.3, 0.4) is 0 Å². The highest BCUT2D eigenvalue weighted by Crippen LogP contribution is 2.17. The number of thioether (sulfide) groups is 2. The first-order valence-electron chi connectivity index (χ1n) is 11.7. The molecular formula is C26H36O6S2. The topological polar surface area (TPSA) is 77.4 Å². The van der Waals surface area contributed by atoms with Crippen molar-refractivity contribution < 1.29 is 29.2 Å². The van der Waals surface area contributed by atoms with E-state index in [-0.39, 0.29) is 25.4 Å². The summed E-state index contributed by atoms with van der Waals surface area (Å²) in [6.45, 7) is 2.13. The molecule has 0 amide bonds. The molecule has 188 valence electrons. The molecule has 2 atom stereocenters. The number of hydrogen-bond acceptors (Lipinski definition) is 8. The van der Waals surface area contributed by atoms with E-state index in [1.165, 1.54) is 0 Å². The summed E-state index contributed by atoms with van der Waals surface area (Å²) in [7, 11) is 0. The van der Waals surface area contributed by atoms with Crippen LogP contribution in [-0.4, -0.2) is 84.1 Å². The summed E-state index contributed by atoms with van der Waals surface area (Å²) in [6, 6.07) is 20.0. The summed E-state index contributed by atoms with van der Waals surface area (Å²) in [5, 5.41) is 20.7. The molecule has 0 spiro atoms. The SMILES string of the molecule is OC1COCC(OCc2ccccc2)COCC(O)CSCC(OCc2ccccc2)CSC1. The Kier molecular flexibility index (Phi) is 13.4. The van der Waals surface area contributed by atoms with E-state index in [9.17, 15) is 10.2 Å². The fraction of sp³-hybridized carbons (Fsp3) is 0.538. The highest BCUT2D eigenvalue weighted by molar-refractivity contribution is 8.00. The summed E-state index contributed by atoms with van der Waals surface area (Å²) in [5.41, 5.74) is 2.21. The van der Waals surface area contributed by atoms with Gasteiger partial charge in [0.15, 0.2) is 0 Å². The number of aliphatic hydroxyl groups is 2. The van der Waals surface area contributed by atoms with Crippen LogP contribution in [0.15, 0.2) is 60.7 Å². The molecule has 3 rings (SSSR count). The standard InChI is InChI=1S/C26H36O6S2/c27-23-13-29-15-25(31-11-21-7-3-1-4-8-21)16-30-14-24(28)18-34-20-26(19-33-17-23)32-12-22-9-5-2-6-10-22/h1-10,23-28H,11-20H2. The van der Waals surface area contributed by atoms with E-state index >= 15 is 0 Å². The largest absolute Gasteiger partial charge is 0.390 e. The first-order valence-corrected chi connectivity index (χ1v) is 14.0. The lowest BCUT2D eigenvalue weighted by atomic mass is 10.2. The molecule has 0 bridgehead atoms. The van der Waals surface area contributed by atoms with Gasteiger partial charge in [-0.25, -0.2) is 0 Å². The van der Waals surface area contributed by atoms with E-state index in [0.29, 0.717) is 37.9 Å². The van der Waals surface area contributed by atoms with Gasteiger partial charge in [-0.3, -0.25) is 0 Å². The van der Waals surface area contributed by atoms with Crippen molar-refractivity contribution in [1.82, 2.24) is 0 Å². The second-order valence-electron chi connectivity index (χ2n) is 8.29. The van der Waals surface area contributed by atoms with Crippen LogP contribution in [0.4, 0.5) is 0 Å². The molecule has 0 aromatic heterocycles. The zero-order valence-corrected chi connectivity index (χ0v) is 21.1. The predicted molar refractivity (Wildman–Crippen MR) is 138 cm³/mol. The van der Waals surface area contributed by atoms with E-state index in [1.54, 1.807) is 23.5 Å². The zero-order valence-electron chi connectivity index (χ0n) is 19.5. The first-order chi connectivity index (χ1) is 16.7. The number of aliphatic hydroxyl groups excluding tert-OH is 2. The van der Waals surface area contributed by atoms with Gasteiger partial charge in [0.1, 0.15) is 6.10 Å². The van der Waals surface area contributed by atoms with Crippen molar-refractivity contribution in [3.05, 3.63) is 71.8 Å². The lowest BCUT2D eigenvalue weighted by molar-refractivity contribution is -0.0833. The minimum absolute atomic E-state index is 0.0279. The third-order valence-corrected chi connectivity index (χ3v) is 7.57. The smallest absolute Gasteiger partial charge is 0.105 e. The molecule has 2 aromatic rings. The van der Waals surface area contributed by atoms with E-state index in [1.807, 2.05) is 48.5 Å². The molecule has 0 aliphatic carbocycles. The van der Waals surface area contributed by atoms with Gasteiger partial charge in [0.2, 0.25) is 0 Å². The van der Waals surface area contributed by atoms with Crippen molar-refractivity contribution >= 4 is 23.5 Å². The summed E-state index contributed by atoms with van der Waals surface area (Å²) in [6.07, 6.45) is -1.36. The van der Waals surface area contributed by atoms with Crippen LogP contribution in [0, 0.1) is 0 Å². The molecule has 2 N–H and O–H groups in total. The van der Waals surface area contributed by atoms with Gasteiger partial charge >= 0.3 is 0 Å². The summed E-state index contributed by atoms with van der Waals surface area (Å²) in [5.74, 6) is 2.69. The van der Waals surface area contributed by atoms with Gasteiger partial charge in [-0.1, -0.05) is 60.7 Å². The third kappa shape index (κ3) is 11.6. The van der Waals surface area contributed by atoms with E-state index in [0.717, 1.165) is 22.6 Å². The van der Waals surface area contributed by atoms with Crippen molar-refractivity contribution in [2.75, 3.05) is 49.4 Å². The summed E-state index contributed by atoms with van der Waals surface area (Å²) in [4.78, 5) is 0. The van der Waals surface area contributed by atoms with Crippen LogP contribution in [0.1, 0.15) is 11.1 Å². The van der Waals surface area contributed by atoms with Gasteiger partial charge in [0, 0.05) is 23.0 Å². The van der Waals surface area contributed by atoms with E-state index < -0.39 is 12.2 Å². The molecule has 1 saturated heterocycles. The Bertz CT molecular complexity index is 681. The number of benzene rings is 2. The van der Waals surface area contributed by atoms with Crippen LogP contribution >= 0.6 is 23.5 Å². The molecule has 6 nitrogen and oxygen atoms in total. The Balaban J connectivity index is 1.47. The van der Waals surface area contributed by atoms with Crippen LogP contribution in [0.5, 0.6) is 0 Å². The minimum atomic E-state index is -0.558. The highest BCUT2D eigenvalue weighted by Gasteiger charge is 2.17. The lowest BCUT2D eigenvalue weighted by Gasteiger charge is -2.22. The maximum atomic E-state index is 10.3. The molecule has 8 heteroatoms. The van der Waals surface area contributed by atoms with Gasteiger partial charge in [-0.2, -0.15) is 23.5 Å². The highest BCUT2D eigenvalue weighted by atomic mass is 32.2. The van der Waals surface area contributed by atoms with Gasteiger partial charge < -0.3 is 29.2 Å². The molecule has 2 aromatic carbocycles. The molecule has 0 radical (unpaired) electrons. The van der Waals surface area contributed by atoms with Gasteiger partial charge in [0.25, 0.3) is 0 Å². The normalized spacial score (nSPS) is 26.2. The summed E-state index contributed by atoms with van der Waals surface area (Å²) >= 11 is 3.33. The van der Waals surface area contributed by atoms with E-state index in [4.69, 9.17) is 18.9 Å². The second kappa shape index (κ2) is 16.5. The Morgan fingerprint density at radius 3 is 1.53 bits per heavy atom. The molecule has 1 aliphatic heterocycles. The van der Waals surface area contributed by atoms with Crippen molar-refractivity contribution in [3.8, 4) is 0 Å². The summed E-state index contributed by atoms with van der Waals surface area (Å²) < 4.78 is 23.6. The van der Waals surface area contributed by atoms with Crippen LogP contribution in [-0.2, 0) is 32.2 Å². The van der Waals surface area contributed by atoms with Crippen LogP contribution < -0.4 is 0 Å². The average molecular weight is 509 g/mol. The maximum Gasteiger partial charge on any atom is 0.105 e. The fourth-order valence-electron chi connectivity index (χ4n) is 3.30. The molecule has 34 heavy (non-hydrogen) atoms. The Hall–Kier alpha value is -1.10. The van der Waals surface area contributed by atoms with Crippen molar-refractivity contribution in [3.63, 3.8) is 0 Å². The van der Waals surface area contributed by atoms with Gasteiger partial charge in [-0.15, -0.1) is 0 Å². The first kappa shape index (κ1) is 27.5. The van der Waals surface area contributed by atoms with Crippen LogP contribution in [0.25, 0.3) is 0 Å². The fourth-order valence-corrected chi connectivity index (χ4v) is 5.42. The zero-order chi connectivity index (χ0) is 23.8. The third-order valence-electron chi connectivity index (χ3n) is 5.11. The average Bonchev–Trinajstić information content (AvgIpc) is 2.86. The number of hydrogen-bond donors (Lipinski definition) is 2. The maximum absolute atomic E-state index is 10.3. The number of ether oxygens (including phenoxy) is 4. The predicted octanol–water partition coefficient (Wildman–Crippen LogP) is 3.39. The molecule has 0 saturated carbocycles. The molecular weight excluding hydrogens is 472 g/mol. The molecule has 2 unspecified atom stereocenters. The van der Waals surface area contributed by atoms with Crippen molar-refractivity contribution in [2.45, 2.75) is 37.6 Å². The quantitative estimate of drug-likeness (QED) is 0.615. The molecule has 1 aliphatic rings. The Morgan fingerprint density at radius 2 is 1.06 bits per heavy atom. The molecule has 1 fully saturated rings. The lowest BCUT2D eigenvalue weighted by Crippen LogP contribution is -2.31. The Labute approximate surface area is 211 Å². The molecule has 1 heterocycles. The van der Waals surface area contributed by atoms with E-state index in [2.05, 4.69) is 12.1 Å².